The van der Waals surface area contributed by atoms with Crippen molar-refractivity contribution < 1.29 is 9.90 Å². The number of hydrogen-bond donors (Lipinski definition) is 3. The summed E-state index contributed by atoms with van der Waals surface area (Å²) in [5, 5.41) is 8.33. The lowest BCUT2D eigenvalue weighted by Gasteiger charge is -2.03. The number of aliphatic carboxylic acids is 1. The van der Waals surface area contributed by atoms with Crippen molar-refractivity contribution in [2.45, 2.75) is 25.3 Å². The topological polar surface area (TPSA) is 89.3 Å². The molecule has 1 unspecified atom stereocenters. The van der Waals surface area contributed by atoms with Crippen molar-refractivity contribution in [2.24, 2.45) is 11.5 Å². The smallest absolute Gasteiger partial charge is 0.320 e. The SMILES string of the molecule is I.I.NCCCCC(N)C(=O)O. The molecular weight excluding hydrogens is 386 g/mol. The number of halogens is 2. The van der Waals surface area contributed by atoms with E-state index < -0.39 is 12.0 Å². The molecule has 6 heteroatoms. The number of carboxylic acid groups (broad SMARTS) is 1. The van der Waals surface area contributed by atoms with Gasteiger partial charge in [0, 0.05) is 0 Å². The first-order valence-corrected chi connectivity index (χ1v) is 3.37. The molecule has 0 heterocycles. The third kappa shape index (κ3) is 10.8. The first-order valence-electron chi connectivity index (χ1n) is 3.37. The van der Waals surface area contributed by atoms with Gasteiger partial charge in [0.1, 0.15) is 6.04 Å². The molecule has 0 spiro atoms. The maximum absolute atomic E-state index is 10.1. The fraction of sp³-hybridized carbons (Fsp3) is 0.833. The quantitative estimate of drug-likeness (QED) is 0.468. The van der Waals surface area contributed by atoms with Gasteiger partial charge in [0.05, 0.1) is 0 Å². The first kappa shape index (κ1) is 18.6. The van der Waals surface area contributed by atoms with Crippen LogP contribution in [0.25, 0.3) is 0 Å². The van der Waals surface area contributed by atoms with Gasteiger partial charge < -0.3 is 16.6 Å². The zero-order valence-electron chi connectivity index (χ0n) is 6.73. The number of rotatable bonds is 5. The van der Waals surface area contributed by atoms with E-state index in [4.69, 9.17) is 16.6 Å². The van der Waals surface area contributed by atoms with Crippen LogP contribution in [0.2, 0.25) is 0 Å². The predicted molar refractivity (Wildman–Crippen MR) is 69.3 cm³/mol. The molecule has 0 aromatic carbocycles. The summed E-state index contributed by atoms with van der Waals surface area (Å²) in [6.45, 7) is 0.604. The van der Waals surface area contributed by atoms with Crippen molar-refractivity contribution >= 4 is 53.9 Å². The van der Waals surface area contributed by atoms with Crippen LogP contribution < -0.4 is 11.5 Å². The molecule has 4 nitrogen and oxygen atoms in total. The standard InChI is InChI=1S/C6H14N2O2.2HI/c7-4-2-1-3-5(8)6(9)10;;/h5H,1-4,7-8H2,(H,9,10);2*1H. The zero-order chi connectivity index (χ0) is 7.98. The molecule has 0 radical (unpaired) electrons. The lowest BCUT2D eigenvalue weighted by molar-refractivity contribution is -0.138. The number of hydrogen-bond acceptors (Lipinski definition) is 3. The van der Waals surface area contributed by atoms with Crippen LogP contribution >= 0.6 is 48.0 Å². The van der Waals surface area contributed by atoms with Gasteiger partial charge in [-0.05, 0) is 19.4 Å². The molecule has 0 aliphatic rings. The molecular formula is C6H16I2N2O2. The molecule has 0 rings (SSSR count). The van der Waals surface area contributed by atoms with E-state index >= 15 is 0 Å². The van der Waals surface area contributed by atoms with E-state index in [1.807, 2.05) is 0 Å². The summed E-state index contributed by atoms with van der Waals surface area (Å²) in [5.41, 5.74) is 10.4. The summed E-state index contributed by atoms with van der Waals surface area (Å²) in [6.07, 6.45) is 2.16. The van der Waals surface area contributed by atoms with Gasteiger partial charge in [-0.3, -0.25) is 4.79 Å². The number of carbonyl (C=O) groups is 1. The van der Waals surface area contributed by atoms with Gasteiger partial charge >= 0.3 is 5.97 Å². The third-order valence-corrected chi connectivity index (χ3v) is 1.29. The van der Waals surface area contributed by atoms with Crippen LogP contribution in [0.5, 0.6) is 0 Å². The minimum absolute atomic E-state index is 0. The van der Waals surface area contributed by atoms with Gasteiger partial charge in [-0.15, -0.1) is 48.0 Å². The molecule has 0 aliphatic carbocycles. The molecule has 12 heavy (non-hydrogen) atoms. The minimum atomic E-state index is -0.933. The largest absolute Gasteiger partial charge is 0.480 e. The lowest BCUT2D eigenvalue weighted by atomic mass is 10.1. The minimum Gasteiger partial charge on any atom is -0.480 e. The molecule has 0 fully saturated rings. The average Bonchev–Trinajstić information content (AvgIpc) is 1.88. The molecule has 76 valence electrons. The molecule has 1 atom stereocenters. The highest BCUT2D eigenvalue weighted by Crippen LogP contribution is 1.96. The van der Waals surface area contributed by atoms with Gasteiger partial charge in [0.15, 0.2) is 0 Å². The highest BCUT2D eigenvalue weighted by molar-refractivity contribution is 14.0. The summed E-state index contributed by atoms with van der Waals surface area (Å²) < 4.78 is 0. The summed E-state index contributed by atoms with van der Waals surface area (Å²) in [5.74, 6) is -0.933. The maximum Gasteiger partial charge on any atom is 0.320 e. The number of nitrogens with two attached hydrogens (primary N) is 2. The molecule has 0 amide bonds. The van der Waals surface area contributed by atoms with E-state index in [9.17, 15) is 4.79 Å². The molecule has 0 saturated heterocycles. The predicted octanol–water partition coefficient (Wildman–Crippen LogP) is 0.763. The fourth-order valence-corrected chi connectivity index (χ4v) is 0.632. The van der Waals surface area contributed by atoms with E-state index in [-0.39, 0.29) is 48.0 Å². The number of unbranched alkanes of at least 4 members (excludes halogenated alkanes) is 1. The molecule has 0 aromatic rings. The van der Waals surface area contributed by atoms with E-state index in [1.54, 1.807) is 0 Å². The normalized spacial score (nSPS) is 10.8. The highest BCUT2D eigenvalue weighted by Gasteiger charge is 2.09. The molecule has 0 bridgehead atoms. The summed E-state index contributed by atoms with van der Waals surface area (Å²) in [6, 6.07) is -0.716. The number of carboxylic acids is 1. The van der Waals surface area contributed by atoms with Gasteiger partial charge in [0.2, 0.25) is 0 Å². The van der Waals surface area contributed by atoms with Gasteiger partial charge in [0.25, 0.3) is 0 Å². The molecule has 5 N–H and O–H groups in total. The molecule has 0 aromatic heterocycles. The monoisotopic (exact) mass is 402 g/mol. The van der Waals surface area contributed by atoms with Crippen LogP contribution in [0.3, 0.4) is 0 Å². The Morgan fingerprint density at radius 2 is 1.83 bits per heavy atom. The van der Waals surface area contributed by atoms with Crippen LogP contribution in [0, 0.1) is 0 Å². The maximum atomic E-state index is 10.1. The Balaban J connectivity index is -0.000000405. The zero-order valence-corrected chi connectivity index (χ0v) is 11.4. The van der Waals surface area contributed by atoms with Crippen molar-refractivity contribution in [3.63, 3.8) is 0 Å². The summed E-state index contributed by atoms with van der Waals surface area (Å²) >= 11 is 0. The van der Waals surface area contributed by atoms with Crippen LogP contribution in [0.1, 0.15) is 19.3 Å². The Bertz CT molecular complexity index is 114. The van der Waals surface area contributed by atoms with E-state index in [1.165, 1.54) is 0 Å². The van der Waals surface area contributed by atoms with Crippen LogP contribution in [-0.4, -0.2) is 23.7 Å². The van der Waals surface area contributed by atoms with Crippen LogP contribution in [0.4, 0.5) is 0 Å². The lowest BCUT2D eigenvalue weighted by Crippen LogP contribution is -2.29. The van der Waals surface area contributed by atoms with Crippen LogP contribution in [0.15, 0.2) is 0 Å². The Labute approximate surface area is 106 Å². The van der Waals surface area contributed by atoms with Crippen molar-refractivity contribution in [3.8, 4) is 0 Å². The van der Waals surface area contributed by atoms with E-state index in [0.29, 0.717) is 13.0 Å². The average molecular weight is 402 g/mol. The highest BCUT2D eigenvalue weighted by atomic mass is 127. The van der Waals surface area contributed by atoms with E-state index in [0.717, 1.165) is 12.8 Å². The van der Waals surface area contributed by atoms with E-state index in [2.05, 4.69) is 0 Å². The second-order valence-corrected chi connectivity index (χ2v) is 2.23. The van der Waals surface area contributed by atoms with Crippen molar-refractivity contribution in [1.82, 2.24) is 0 Å². The fourth-order valence-electron chi connectivity index (χ4n) is 0.632. The second kappa shape index (κ2) is 11.8. The third-order valence-electron chi connectivity index (χ3n) is 1.29. The van der Waals surface area contributed by atoms with Crippen LogP contribution in [-0.2, 0) is 4.79 Å². The Morgan fingerprint density at radius 3 is 2.17 bits per heavy atom. The Hall–Kier alpha value is 0.850. The second-order valence-electron chi connectivity index (χ2n) is 2.23. The van der Waals surface area contributed by atoms with Crippen molar-refractivity contribution in [2.75, 3.05) is 6.54 Å². The molecule has 0 aliphatic heterocycles. The van der Waals surface area contributed by atoms with Crippen molar-refractivity contribution in [3.05, 3.63) is 0 Å². The first-order chi connectivity index (χ1) is 4.68. The van der Waals surface area contributed by atoms with Gasteiger partial charge in [-0.25, -0.2) is 0 Å². The molecule has 0 saturated carbocycles. The summed E-state index contributed by atoms with van der Waals surface area (Å²) in [4.78, 5) is 10.1. The van der Waals surface area contributed by atoms with Gasteiger partial charge in [-0.2, -0.15) is 0 Å². The Kier molecular flexibility index (Phi) is 18.4. The van der Waals surface area contributed by atoms with Crippen molar-refractivity contribution in [1.29, 1.82) is 0 Å². The van der Waals surface area contributed by atoms with Gasteiger partial charge in [-0.1, -0.05) is 6.42 Å². The summed E-state index contributed by atoms with van der Waals surface area (Å²) in [7, 11) is 0. The Morgan fingerprint density at radius 1 is 1.33 bits per heavy atom.